The van der Waals surface area contributed by atoms with Crippen molar-refractivity contribution in [2.75, 3.05) is 20.2 Å². The van der Waals surface area contributed by atoms with Gasteiger partial charge in [-0.1, -0.05) is 41.1 Å². The Balaban J connectivity index is 1.76. The quantitative estimate of drug-likeness (QED) is 0.564. The molecule has 0 aliphatic heterocycles. The average Bonchev–Trinajstić information content (AvgIpc) is 3.12. The Morgan fingerprint density at radius 2 is 2.12 bits per heavy atom. The van der Waals surface area contributed by atoms with E-state index in [4.69, 9.17) is 4.74 Å². The standard InChI is InChI=1S/C20H26BrNOS/c1-3-12-22(13-11-15-6-5-14-24-15)18-10-9-16-17(20(18)21)7-4-8-19(16)23-2/h4-8,14,18,20H,3,9-13H2,1-2H3. The molecule has 0 saturated heterocycles. The lowest BCUT2D eigenvalue weighted by molar-refractivity contribution is 0.180. The molecule has 2 unspecified atom stereocenters. The van der Waals surface area contributed by atoms with Crippen molar-refractivity contribution in [2.24, 2.45) is 0 Å². The summed E-state index contributed by atoms with van der Waals surface area (Å²) in [5, 5.41) is 2.18. The van der Waals surface area contributed by atoms with Gasteiger partial charge in [0.15, 0.2) is 0 Å². The smallest absolute Gasteiger partial charge is 0.122 e. The molecular weight excluding hydrogens is 382 g/mol. The van der Waals surface area contributed by atoms with Gasteiger partial charge >= 0.3 is 0 Å². The molecule has 1 heterocycles. The number of nitrogens with zero attached hydrogens (tertiary/aromatic N) is 1. The molecule has 2 atom stereocenters. The largest absolute Gasteiger partial charge is 0.496 e. The van der Waals surface area contributed by atoms with Crippen molar-refractivity contribution in [3.8, 4) is 5.75 Å². The molecule has 4 heteroatoms. The van der Waals surface area contributed by atoms with E-state index in [9.17, 15) is 0 Å². The normalized spacial score (nSPS) is 20.2. The van der Waals surface area contributed by atoms with Crippen molar-refractivity contribution in [2.45, 2.75) is 43.5 Å². The van der Waals surface area contributed by atoms with Gasteiger partial charge in [0, 0.05) is 17.5 Å². The molecule has 0 spiro atoms. The van der Waals surface area contributed by atoms with Crippen LogP contribution < -0.4 is 4.74 Å². The van der Waals surface area contributed by atoms with E-state index in [1.54, 1.807) is 7.11 Å². The van der Waals surface area contributed by atoms with E-state index in [0.717, 1.165) is 31.7 Å². The minimum atomic E-state index is 0.381. The van der Waals surface area contributed by atoms with Crippen LogP contribution in [0.1, 0.15) is 40.6 Å². The van der Waals surface area contributed by atoms with E-state index in [0.29, 0.717) is 10.9 Å². The summed E-state index contributed by atoms with van der Waals surface area (Å²) in [5.74, 6) is 1.04. The molecule has 0 amide bonds. The van der Waals surface area contributed by atoms with Gasteiger partial charge in [0.1, 0.15) is 5.75 Å². The molecule has 0 fully saturated rings. The monoisotopic (exact) mass is 407 g/mol. The highest BCUT2D eigenvalue weighted by molar-refractivity contribution is 9.09. The zero-order chi connectivity index (χ0) is 16.9. The summed E-state index contributed by atoms with van der Waals surface area (Å²) in [4.78, 5) is 4.55. The van der Waals surface area contributed by atoms with Crippen LogP contribution in [0.25, 0.3) is 0 Å². The number of rotatable bonds is 7. The van der Waals surface area contributed by atoms with E-state index in [-0.39, 0.29) is 0 Å². The fourth-order valence-electron chi connectivity index (χ4n) is 3.75. The van der Waals surface area contributed by atoms with Crippen LogP contribution in [0.3, 0.4) is 0 Å². The number of hydrogen-bond acceptors (Lipinski definition) is 3. The number of alkyl halides is 1. The first-order chi connectivity index (χ1) is 11.7. The highest BCUT2D eigenvalue weighted by Gasteiger charge is 2.32. The van der Waals surface area contributed by atoms with Gasteiger partial charge in [-0.2, -0.15) is 0 Å². The van der Waals surface area contributed by atoms with Crippen molar-refractivity contribution in [3.63, 3.8) is 0 Å². The molecule has 1 aliphatic carbocycles. The van der Waals surface area contributed by atoms with Crippen molar-refractivity contribution in [3.05, 3.63) is 51.7 Å². The molecule has 130 valence electrons. The van der Waals surface area contributed by atoms with Crippen LogP contribution >= 0.6 is 27.3 Å². The zero-order valence-corrected chi connectivity index (χ0v) is 16.9. The molecule has 0 radical (unpaired) electrons. The lowest BCUT2D eigenvalue weighted by Gasteiger charge is -2.39. The summed E-state index contributed by atoms with van der Waals surface area (Å²) >= 11 is 5.88. The van der Waals surface area contributed by atoms with Gasteiger partial charge in [-0.3, -0.25) is 4.90 Å². The van der Waals surface area contributed by atoms with E-state index in [1.807, 2.05) is 11.3 Å². The van der Waals surface area contributed by atoms with Crippen LogP contribution in [0.2, 0.25) is 0 Å². The van der Waals surface area contributed by atoms with Crippen LogP contribution in [0.15, 0.2) is 35.7 Å². The number of fused-ring (bicyclic) bond motifs is 1. The molecule has 1 aromatic carbocycles. The first kappa shape index (κ1) is 18.0. The molecule has 0 saturated carbocycles. The number of methoxy groups -OCH3 is 1. The Kier molecular flexibility index (Phi) is 6.37. The fraction of sp³-hybridized carbons (Fsp3) is 0.500. The van der Waals surface area contributed by atoms with E-state index < -0.39 is 0 Å². The summed E-state index contributed by atoms with van der Waals surface area (Å²) < 4.78 is 5.57. The maximum absolute atomic E-state index is 5.57. The van der Waals surface area contributed by atoms with Gasteiger partial charge in [-0.05, 0) is 60.9 Å². The Hall–Kier alpha value is -0.840. The minimum absolute atomic E-state index is 0.381. The van der Waals surface area contributed by atoms with Crippen LogP contribution in [-0.2, 0) is 12.8 Å². The Morgan fingerprint density at radius 1 is 1.25 bits per heavy atom. The van der Waals surface area contributed by atoms with Crippen LogP contribution in [0, 0.1) is 0 Å². The molecule has 0 N–H and O–H groups in total. The van der Waals surface area contributed by atoms with Gasteiger partial charge in [0.2, 0.25) is 0 Å². The highest BCUT2D eigenvalue weighted by atomic mass is 79.9. The Labute approximate surface area is 158 Å². The third-order valence-corrected chi connectivity index (χ3v) is 6.96. The molecule has 0 bridgehead atoms. The number of halogens is 1. The number of thiophene rings is 1. The highest BCUT2D eigenvalue weighted by Crippen LogP contribution is 2.42. The zero-order valence-electron chi connectivity index (χ0n) is 14.5. The van der Waals surface area contributed by atoms with Gasteiger partial charge in [-0.25, -0.2) is 0 Å². The summed E-state index contributed by atoms with van der Waals surface area (Å²) in [6.45, 7) is 4.58. The molecule has 1 aliphatic rings. The van der Waals surface area contributed by atoms with Gasteiger partial charge in [-0.15, -0.1) is 11.3 Å². The average molecular weight is 408 g/mol. The fourth-order valence-corrected chi connectivity index (χ4v) is 5.48. The first-order valence-electron chi connectivity index (χ1n) is 8.80. The van der Waals surface area contributed by atoms with E-state index >= 15 is 0 Å². The maximum atomic E-state index is 5.57. The van der Waals surface area contributed by atoms with Crippen molar-refractivity contribution < 1.29 is 4.74 Å². The van der Waals surface area contributed by atoms with Gasteiger partial charge in [0.25, 0.3) is 0 Å². The van der Waals surface area contributed by atoms with Gasteiger partial charge < -0.3 is 4.74 Å². The third-order valence-electron chi connectivity index (χ3n) is 4.92. The second kappa shape index (κ2) is 8.50. The summed E-state index contributed by atoms with van der Waals surface area (Å²) in [5.41, 5.74) is 2.79. The third kappa shape index (κ3) is 3.87. The van der Waals surface area contributed by atoms with E-state index in [2.05, 4.69) is 63.5 Å². The maximum Gasteiger partial charge on any atom is 0.122 e. The topological polar surface area (TPSA) is 12.5 Å². The van der Waals surface area contributed by atoms with Crippen molar-refractivity contribution >= 4 is 27.3 Å². The van der Waals surface area contributed by atoms with Crippen molar-refractivity contribution in [1.82, 2.24) is 4.90 Å². The lowest BCUT2D eigenvalue weighted by Crippen LogP contribution is -2.42. The van der Waals surface area contributed by atoms with E-state index in [1.165, 1.54) is 28.8 Å². The second-order valence-electron chi connectivity index (χ2n) is 6.40. The molecule has 3 rings (SSSR count). The lowest BCUT2D eigenvalue weighted by atomic mass is 9.86. The molecule has 24 heavy (non-hydrogen) atoms. The molecule has 2 nitrogen and oxygen atoms in total. The van der Waals surface area contributed by atoms with Crippen LogP contribution in [0.5, 0.6) is 5.75 Å². The summed E-state index contributed by atoms with van der Waals surface area (Å²) in [6.07, 6.45) is 4.64. The molecule has 1 aromatic heterocycles. The minimum Gasteiger partial charge on any atom is -0.496 e. The molecule has 2 aromatic rings. The summed E-state index contributed by atoms with van der Waals surface area (Å²) in [6, 6.07) is 11.4. The second-order valence-corrected chi connectivity index (χ2v) is 8.42. The summed E-state index contributed by atoms with van der Waals surface area (Å²) in [7, 11) is 1.77. The first-order valence-corrected chi connectivity index (χ1v) is 10.6. The molecular formula is C20H26BrNOS. The Morgan fingerprint density at radius 3 is 2.83 bits per heavy atom. The SMILES string of the molecule is CCCN(CCc1cccs1)C1CCc2c(OC)cccc2C1Br. The Bertz CT molecular complexity index is 643. The number of hydrogen-bond donors (Lipinski definition) is 0. The van der Waals surface area contributed by atoms with Gasteiger partial charge in [0.05, 0.1) is 11.9 Å². The predicted octanol–water partition coefficient (Wildman–Crippen LogP) is 5.46. The predicted molar refractivity (Wildman–Crippen MR) is 107 cm³/mol. The van der Waals surface area contributed by atoms with Crippen LogP contribution in [-0.4, -0.2) is 31.1 Å². The number of ether oxygens (including phenoxy) is 1. The number of benzene rings is 1. The van der Waals surface area contributed by atoms with Crippen LogP contribution in [0.4, 0.5) is 0 Å². The van der Waals surface area contributed by atoms with Crippen molar-refractivity contribution in [1.29, 1.82) is 0 Å².